The van der Waals surface area contributed by atoms with Crippen LogP contribution in [0, 0.1) is 11.3 Å². The monoisotopic (exact) mass is 389 g/mol. The Morgan fingerprint density at radius 3 is 2.54 bits per heavy atom. The predicted molar refractivity (Wildman–Crippen MR) is 103 cm³/mol. The van der Waals surface area contributed by atoms with E-state index < -0.39 is 15.9 Å². The van der Waals surface area contributed by atoms with Crippen LogP contribution in [0.3, 0.4) is 0 Å². The van der Waals surface area contributed by atoms with Gasteiger partial charge in [-0.25, -0.2) is 8.42 Å². The Labute approximate surface area is 157 Å². The standard InChI is InChI=1S/C18H19N3O3S2/c1-21(12-18(22)20-16-4-3-5-17(10-16)25-2)26(23,24)13-15-8-6-14(11-19)7-9-15/h3-10H,12-13H2,1-2H3,(H,20,22). The summed E-state index contributed by atoms with van der Waals surface area (Å²) >= 11 is 1.55. The van der Waals surface area contributed by atoms with Gasteiger partial charge in [-0.3, -0.25) is 4.79 Å². The zero-order chi connectivity index (χ0) is 19.2. The van der Waals surface area contributed by atoms with Gasteiger partial charge in [0.1, 0.15) is 0 Å². The van der Waals surface area contributed by atoms with Crippen molar-refractivity contribution < 1.29 is 13.2 Å². The predicted octanol–water partition coefficient (Wildman–Crippen LogP) is 2.68. The third-order valence-corrected chi connectivity index (χ3v) is 6.13. The van der Waals surface area contributed by atoms with E-state index in [0.717, 1.165) is 9.20 Å². The zero-order valence-corrected chi connectivity index (χ0v) is 16.1. The number of carbonyl (C=O) groups is 1. The van der Waals surface area contributed by atoms with Gasteiger partial charge in [-0.1, -0.05) is 18.2 Å². The molecule has 0 spiro atoms. The molecule has 0 aliphatic carbocycles. The van der Waals surface area contributed by atoms with Crippen LogP contribution in [0.2, 0.25) is 0 Å². The van der Waals surface area contributed by atoms with E-state index in [2.05, 4.69) is 5.32 Å². The number of benzene rings is 2. The molecule has 8 heteroatoms. The largest absolute Gasteiger partial charge is 0.325 e. The number of amides is 1. The van der Waals surface area contributed by atoms with Gasteiger partial charge in [0.05, 0.1) is 23.9 Å². The van der Waals surface area contributed by atoms with Gasteiger partial charge >= 0.3 is 0 Å². The lowest BCUT2D eigenvalue weighted by atomic mass is 10.2. The van der Waals surface area contributed by atoms with Gasteiger partial charge in [0.15, 0.2) is 0 Å². The van der Waals surface area contributed by atoms with Crippen molar-refractivity contribution in [3.05, 3.63) is 59.7 Å². The molecule has 0 atom stereocenters. The highest BCUT2D eigenvalue weighted by atomic mass is 32.2. The lowest BCUT2D eigenvalue weighted by Crippen LogP contribution is -2.35. The molecule has 26 heavy (non-hydrogen) atoms. The van der Waals surface area contributed by atoms with Crippen molar-refractivity contribution in [1.29, 1.82) is 5.26 Å². The first-order valence-electron chi connectivity index (χ1n) is 7.71. The minimum absolute atomic E-state index is 0.232. The molecule has 0 aromatic heterocycles. The normalized spacial score (nSPS) is 11.2. The second kappa shape index (κ2) is 8.85. The third-order valence-electron chi connectivity index (χ3n) is 3.63. The van der Waals surface area contributed by atoms with Gasteiger partial charge < -0.3 is 5.32 Å². The fourth-order valence-electron chi connectivity index (χ4n) is 2.20. The van der Waals surface area contributed by atoms with Gasteiger partial charge in [0, 0.05) is 17.6 Å². The number of thioether (sulfide) groups is 1. The van der Waals surface area contributed by atoms with E-state index in [9.17, 15) is 13.2 Å². The van der Waals surface area contributed by atoms with Crippen molar-refractivity contribution >= 4 is 33.4 Å². The van der Waals surface area contributed by atoms with Crippen molar-refractivity contribution in [3.63, 3.8) is 0 Å². The molecule has 1 N–H and O–H groups in total. The zero-order valence-electron chi connectivity index (χ0n) is 14.5. The number of nitriles is 1. The van der Waals surface area contributed by atoms with Crippen LogP contribution in [-0.4, -0.2) is 38.5 Å². The average Bonchev–Trinajstić information content (AvgIpc) is 2.62. The SMILES string of the molecule is CSc1cccc(NC(=O)CN(C)S(=O)(=O)Cc2ccc(C#N)cc2)c1. The first-order chi connectivity index (χ1) is 12.3. The number of carbonyl (C=O) groups excluding carboxylic acids is 1. The highest BCUT2D eigenvalue weighted by Crippen LogP contribution is 2.19. The minimum Gasteiger partial charge on any atom is -0.325 e. The molecular formula is C18H19N3O3S2. The minimum atomic E-state index is -3.65. The van der Waals surface area contributed by atoms with Crippen LogP contribution in [0.25, 0.3) is 0 Å². The number of rotatable bonds is 7. The average molecular weight is 390 g/mol. The Kier molecular flexibility index (Phi) is 6.80. The summed E-state index contributed by atoms with van der Waals surface area (Å²) in [5.41, 5.74) is 1.65. The maximum Gasteiger partial charge on any atom is 0.239 e. The lowest BCUT2D eigenvalue weighted by molar-refractivity contribution is -0.116. The van der Waals surface area contributed by atoms with E-state index in [4.69, 9.17) is 5.26 Å². The van der Waals surface area contributed by atoms with Crippen LogP contribution in [0.1, 0.15) is 11.1 Å². The summed E-state index contributed by atoms with van der Waals surface area (Å²) < 4.78 is 25.9. The quantitative estimate of drug-likeness (QED) is 0.735. The molecule has 6 nitrogen and oxygen atoms in total. The lowest BCUT2D eigenvalue weighted by Gasteiger charge is -2.17. The van der Waals surface area contributed by atoms with Crippen molar-refractivity contribution in [2.75, 3.05) is 25.2 Å². The molecule has 0 saturated heterocycles. The summed E-state index contributed by atoms with van der Waals surface area (Å²) in [6, 6.07) is 15.6. The van der Waals surface area contributed by atoms with E-state index in [1.165, 1.54) is 7.05 Å². The van der Waals surface area contributed by atoms with Crippen LogP contribution in [-0.2, 0) is 20.6 Å². The van der Waals surface area contributed by atoms with E-state index in [1.54, 1.807) is 42.1 Å². The molecule has 0 radical (unpaired) electrons. The second-order valence-corrected chi connectivity index (χ2v) is 8.56. The first kappa shape index (κ1) is 20.0. The van der Waals surface area contributed by atoms with E-state index in [-0.39, 0.29) is 12.3 Å². The first-order valence-corrected chi connectivity index (χ1v) is 10.5. The van der Waals surface area contributed by atoms with Gasteiger partial charge in [-0.05, 0) is 42.2 Å². The van der Waals surface area contributed by atoms with Gasteiger partial charge in [0.25, 0.3) is 0 Å². The van der Waals surface area contributed by atoms with E-state index in [0.29, 0.717) is 16.8 Å². The fraction of sp³-hybridized carbons (Fsp3) is 0.222. The molecule has 2 aromatic rings. The Hall–Kier alpha value is -2.34. The van der Waals surface area contributed by atoms with Gasteiger partial charge in [-0.15, -0.1) is 11.8 Å². The number of likely N-dealkylation sites (N-methyl/N-ethyl adjacent to an activating group) is 1. The van der Waals surface area contributed by atoms with Crippen LogP contribution < -0.4 is 5.32 Å². The number of nitrogens with zero attached hydrogens (tertiary/aromatic N) is 2. The molecular weight excluding hydrogens is 370 g/mol. The smallest absolute Gasteiger partial charge is 0.239 e. The van der Waals surface area contributed by atoms with Crippen molar-refractivity contribution in [1.82, 2.24) is 4.31 Å². The van der Waals surface area contributed by atoms with Crippen molar-refractivity contribution in [2.24, 2.45) is 0 Å². The number of sulfonamides is 1. The molecule has 2 aromatic carbocycles. The van der Waals surface area contributed by atoms with Gasteiger partial charge in [0.2, 0.25) is 15.9 Å². The highest BCUT2D eigenvalue weighted by molar-refractivity contribution is 7.98. The van der Waals surface area contributed by atoms with E-state index >= 15 is 0 Å². The van der Waals surface area contributed by atoms with Gasteiger partial charge in [-0.2, -0.15) is 9.57 Å². The second-order valence-electron chi connectivity index (χ2n) is 5.60. The summed E-state index contributed by atoms with van der Waals surface area (Å²) in [4.78, 5) is 13.1. The Balaban J connectivity index is 1.98. The summed E-state index contributed by atoms with van der Waals surface area (Å²) in [7, 11) is -2.28. The number of anilines is 1. The maximum atomic E-state index is 12.4. The maximum absolute atomic E-state index is 12.4. The highest BCUT2D eigenvalue weighted by Gasteiger charge is 2.21. The summed E-state index contributed by atoms with van der Waals surface area (Å²) in [6.07, 6.45) is 1.93. The van der Waals surface area contributed by atoms with Crippen LogP contribution >= 0.6 is 11.8 Å². The molecule has 0 bridgehead atoms. The molecule has 0 saturated carbocycles. The summed E-state index contributed by atoms with van der Waals surface area (Å²) in [5.74, 6) is -0.640. The molecule has 0 fully saturated rings. The van der Waals surface area contributed by atoms with Crippen LogP contribution in [0.15, 0.2) is 53.4 Å². The number of nitrogens with one attached hydrogen (secondary N) is 1. The Morgan fingerprint density at radius 2 is 1.92 bits per heavy atom. The summed E-state index contributed by atoms with van der Waals surface area (Å²) in [5, 5.41) is 11.5. The molecule has 2 rings (SSSR count). The molecule has 0 aliphatic rings. The number of hydrogen-bond donors (Lipinski definition) is 1. The number of hydrogen-bond acceptors (Lipinski definition) is 5. The summed E-state index contributed by atoms with van der Waals surface area (Å²) in [6.45, 7) is -0.276. The van der Waals surface area contributed by atoms with Crippen LogP contribution in [0.5, 0.6) is 0 Å². The fourth-order valence-corrected chi connectivity index (χ4v) is 3.81. The van der Waals surface area contributed by atoms with Crippen molar-refractivity contribution in [3.8, 4) is 6.07 Å². The van der Waals surface area contributed by atoms with E-state index in [1.807, 2.05) is 30.5 Å². The topological polar surface area (TPSA) is 90.3 Å². The molecule has 1 amide bonds. The molecule has 0 aliphatic heterocycles. The molecule has 0 heterocycles. The van der Waals surface area contributed by atoms with Crippen molar-refractivity contribution in [2.45, 2.75) is 10.6 Å². The Morgan fingerprint density at radius 1 is 1.23 bits per heavy atom. The third kappa shape index (κ3) is 5.59. The Bertz CT molecular complexity index is 919. The molecule has 136 valence electrons. The molecule has 0 unspecified atom stereocenters. The van der Waals surface area contributed by atoms with Crippen LogP contribution in [0.4, 0.5) is 5.69 Å².